The third kappa shape index (κ3) is 13.3. The second kappa shape index (κ2) is 24.4. The maximum Gasteiger partial charge on any atom is 0.187 e. The van der Waals surface area contributed by atoms with Crippen LogP contribution >= 0.6 is 0 Å². The molecule has 2 heterocycles. The lowest BCUT2D eigenvalue weighted by Gasteiger charge is -2.49. The minimum absolute atomic E-state index is 0.113. The zero-order chi connectivity index (χ0) is 44.5. The Hall–Kier alpha value is -5.12. The Morgan fingerprint density at radius 1 is 0.354 bits per heavy atom. The molecule has 0 unspecified atom stereocenters. The SMILES string of the molecule is OC[C@H]1O[C@H](O)[C@H](OCc2ccccc2)[C@@H](O[C@H]2O[C@H](COCc3ccccc3)[C@@H](OCc3ccccc3)[C@H](OCc3ccccc3)[C@H]2OCc2ccccc2)[C@@H]1OCc1ccccc1. The zero-order valence-corrected chi connectivity index (χ0v) is 36.3. The van der Waals surface area contributed by atoms with Gasteiger partial charge < -0.3 is 52.8 Å². The summed E-state index contributed by atoms with van der Waals surface area (Å²) in [6.45, 7) is 0.975. The molecule has 0 radical (unpaired) electrons. The molecule has 0 aliphatic carbocycles. The van der Waals surface area contributed by atoms with Crippen LogP contribution in [0.15, 0.2) is 182 Å². The third-order valence-electron chi connectivity index (χ3n) is 11.5. The lowest BCUT2D eigenvalue weighted by molar-refractivity contribution is -0.375. The van der Waals surface area contributed by atoms with E-state index in [1.807, 2.05) is 182 Å². The van der Waals surface area contributed by atoms with Crippen LogP contribution in [0.1, 0.15) is 33.4 Å². The van der Waals surface area contributed by atoms with E-state index in [9.17, 15) is 10.2 Å². The molecule has 2 fully saturated rings. The van der Waals surface area contributed by atoms with Gasteiger partial charge in [-0.05, 0) is 33.4 Å². The van der Waals surface area contributed by atoms with E-state index in [1.165, 1.54) is 0 Å². The van der Waals surface area contributed by atoms with Crippen LogP contribution in [-0.2, 0) is 82.3 Å². The Bertz CT molecular complexity index is 2210. The molecule has 2 aliphatic rings. The van der Waals surface area contributed by atoms with Gasteiger partial charge in [0.2, 0.25) is 0 Å². The highest BCUT2D eigenvalue weighted by Gasteiger charge is 2.54. The number of benzene rings is 6. The van der Waals surface area contributed by atoms with E-state index < -0.39 is 68.0 Å². The molecular formula is C54H58O11. The van der Waals surface area contributed by atoms with Gasteiger partial charge in [0, 0.05) is 0 Å². The van der Waals surface area contributed by atoms with Gasteiger partial charge in [-0.1, -0.05) is 182 Å². The summed E-state index contributed by atoms with van der Waals surface area (Å²) in [6.07, 6.45) is -9.89. The number of hydrogen-bond acceptors (Lipinski definition) is 11. The molecule has 2 N–H and O–H groups in total. The second-order valence-corrected chi connectivity index (χ2v) is 16.2. The van der Waals surface area contributed by atoms with E-state index >= 15 is 0 Å². The number of aliphatic hydroxyl groups is 2. The molecule has 2 saturated heterocycles. The lowest BCUT2D eigenvalue weighted by Crippen LogP contribution is -2.66. The van der Waals surface area contributed by atoms with Crippen molar-refractivity contribution in [2.75, 3.05) is 13.2 Å². The van der Waals surface area contributed by atoms with Crippen LogP contribution in [0, 0.1) is 0 Å². The minimum Gasteiger partial charge on any atom is -0.394 e. The summed E-state index contributed by atoms with van der Waals surface area (Å²) in [5.74, 6) is 0. The maximum absolute atomic E-state index is 11.7. The van der Waals surface area contributed by atoms with Crippen LogP contribution in [0.4, 0.5) is 0 Å². The quantitative estimate of drug-likeness (QED) is 0.0691. The topological polar surface area (TPSA) is 124 Å². The molecule has 0 aromatic heterocycles. The summed E-state index contributed by atoms with van der Waals surface area (Å²) >= 11 is 0. The number of ether oxygens (including phenoxy) is 9. The third-order valence-corrected chi connectivity index (χ3v) is 11.5. The molecule has 340 valence electrons. The number of rotatable bonds is 22. The summed E-state index contributed by atoms with van der Waals surface area (Å²) in [4.78, 5) is 0. The van der Waals surface area contributed by atoms with Gasteiger partial charge in [-0.3, -0.25) is 0 Å². The Morgan fingerprint density at radius 3 is 1.09 bits per heavy atom. The van der Waals surface area contributed by atoms with Crippen molar-refractivity contribution in [2.45, 2.75) is 101 Å². The van der Waals surface area contributed by atoms with Gasteiger partial charge in [-0.25, -0.2) is 0 Å². The fourth-order valence-corrected chi connectivity index (χ4v) is 8.12. The monoisotopic (exact) mass is 882 g/mol. The van der Waals surface area contributed by atoms with Crippen LogP contribution in [0.2, 0.25) is 0 Å². The first kappa shape index (κ1) is 46.4. The Labute approximate surface area is 381 Å². The molecule has 2 aliphatic heterocycles. The fraction of sp³-hybridized carbons (Fsp3) is 0.333. The maximum atomic E-state index is 11.7. The Morgan fingerprint density at radius 2 is 0.692 bits per heavy atom. The van der Waals surface area contributed by atoms with Crippen molar-refractivity contribution < 1.29 is 52.8 Å². The van der Waals surface area contributed by atoms with E-state index in [0.29, 0.717) is 6.61 Å². The van der Waals surface area contributed by atoms with Crippen molar-refractivity contribution in [2.24, 2.45) is 0 Å². The molecule has 65 heavy (non-hydrogen) atoms. The van der Waals surface area contributed by atoms with Crippen molar-refractivity contribution >= 4 is 0 Å². The molecular weight excluding hydrogens is 825 g/mol. The molecule has 0 amide bonds. The molecule has 0 spiro atoms. The van der Waals surface area contributed by atoms with Crippen LogP contribution in [0.25, 0.3) is 0 Å². The van der Waals surface area contributed by atoms with E-state index in [0.717, 1.165) is 33.4 Å². The predicted octanol–water partition coefficient (Wildman–Crippen LogP) is 7.95. The van der Waals surface area contributed by atoms with Gasteiger partial charge in [0.1, 0.15) is 48.8 Å². The molecule has 10 atom stereocenters. The largest absolute Gasteiger partial charge is 0.394 e. The minimum atomic E-state index is -1.50. The summed E-state index contributed by atoms with van der Waals surface area (Å²) in [6, 6.07) is 59.0. The van der Waals surface area contributed by atoms with Gasteiger partial charge in [0.05, 0.1) is 52.9 Å². The zero-order valence-electron chi connectivity index (χ0n) is 36.3. The van der Waals surface area contributed by atoms with Crippen LogP contribution in [0.3, 0.4) is 0 Å². The average molecular weight is 883 g/mol. The molecule has 0 bridgehead atoms. The van der Waals surface area contributed by atoms with Crippen molar-refractivity contribution in [3.8, 4) is 0 Å². The highest BCUT2D eigenvalue weighted by molar-refractivity contribution is 5.18. The van der Waals surface area contributed by atoms with Crippen LogP contribution in [0.5, 0.6) is 0 Å². The number of hydrogen-bond donors (Lipinski definition) is 2. The van der Waals surface area contributed by atoms with Crippen molar-refractivity contribution in [3.63, 3.8) is 0 Å². The Kier molecular flexibility index (Phi) is 17.4. The summed E-state index contributed by atoms with van der Waals surface area (Å²) in [5, 5.41) is 22.5. The lowest BCUT2D eigenvalue weighted by atomic mass is 9.95. The van der Waals surface area contributed by atoms with Crippen LogP contribution in [-0.4, -0.2) is 84.8 Å². The molecule has 8 rings (SSSR count). The van der Waals surface area contributed by atoms with Gasteiger partial charge in [-0.2, -0.15) is 0 Å². The van der Waals surface area contributed by atoms with E-state index in [4.69, 9.17) is 42.6 Å². The highest BCUT2D eigenvalue weighted by atomic mass is 16.7. The van der Waals surface area contributed by atoms with Gasteiger partial charge in [0.15, 0.2) is 12.6 Å². The first-order chi connectivity index (χ1) is 32.1. The Balaban J connectivity index is 1.17. The highest BCUT2D eigenvalue weighted by Crippen LogP contribution is 2.36. The first-order valence-corrected chi connectivity index (χ1v) is 22.3. The van der Waals surface area contributed by atoms with Crippen molar-refractivity contribution in [3.05, 3.63) is 215 Å². The smallest absolute Gasteiger partial charge is 0.187 e. The average Bonchev–Trinajstić information content (AvgIpc) is 3.36. The normalized spacial score (nSPS) is 25.6. The predicted molar refractivity (Wildman–Crippen MR) is 243 cm³/mol. The number of aliphatic hydroxyl groups excluding tert-OH is 2. The van der Waals surface area contributed by atoms with Gasteiger partial charge >= 0.3 is 0 Å². The van der Waals surface area contributed by atoms with Crippen molar-refractivity contribution in [1.29, 1.82) is 0 Å². The summed E-state index contributed by atoms with van der Waals surface area (Å²) in [7, 11) is 0. The summed E-state index contributed by atoms with van der Waals surface area (Å²) < 4.78 is 60.6. The van der Waals surface area contributed by atoms with Gasteiger partial charge in [0.25, 0.3) is 0 Å². The van der Waals surface area contributed by atoms with Gasteiger partial charge in [-0.15, -0.1) is 0 Å². The van der Waals surface area contributed by atoms with E-state index in [1.54, 1.807) is 0 Å². The van der Waals surface area contributed by atoms with Crippen molar-refractivity contribution in [1.82, 2.24) is 0 Å². The molecule has 0 saturated carbocycles. The second-order valence-electron chi connectivity index (χ2n) is 16.2. The molecule has 6 aromatic rings. The fourth-order valence-electron chi connectivity index (χ4n) is 8.12. The molecule has 11 heteroatoms. The summed E-state index contributed by atoms with van der Waals surface area (Å²) in [5.41, 5.74) is 5.64. The molecule has 6 aromatic carbocycles. The van der Waals surface area contributed by atoms with Crippen LogP contribution < -0.4 is 0 Å². The van der Waals surface area contributed by atoms with E-state index in [2.05, 4.69) is 0 Å². The standard InChI is InChI=1S/C54H58O11/c55-31-45-47(58-33-40-21-9-2-10-22-40)50(51(53(56)63-45)61-36-43-27-15-5-16-28-43)65-54-52(62-37-44-29-17-6-18-30-44)49(60-35-42-25-13-4-14-26-42)48(59-34-41-23-11-3-12-24-41)46(64-54)38-57-32-39-19-7-1-8-20-39/h1-30,45-56H,31-38H2/t45-,46-,47-,48-,49+,50+,51-,52-,53+,54-/m1/s1. The van der Waals surface area contributed by atoms with E-state index in [-0.39, 0.29) is 39.6 Å². The molecule has 11 nitrogen and oxygen atoms in total. The first-order valence-electron chi connectivity index (χ1n) is 22.3.